The van der Waals surface area contributed by atoms with Gasteiger partial charge in [-0.3, -0.25) is 4.99 Å². The molecular formula is C16H14ClN3. The van der Waals surface area contributed by atoms with Gasteiger partial charge in [0.1, 0.15) is 0 Å². The summed E-state index contributed by atoms with van der Waals surface area (Å²) >= 11 is 5.61. The summed E-state index contributed by atoms with van der Waals surface area (Å²) in [6, 6.07) is 19.4. The maximum absolute atomic E-state index is 5.61. The van der Waals surface area contributed by atoms with Crippen molar-refractivity contribution in [2.45, 2.75) is 0 Å². The summed E-state index contributed by atoms with van der Waals surface area (Å²) in [4.78, 5) is 12.8. The van der Waals surface area contributed by atoms with Gasteiger partial charge < -0.3 is 0 Å². The topological polar surface area (TPSA) is 37.1 Å². The average molecular weight is 284 g/mol. The lowest BCUT2D eigenvalue weighted by molar-refractivity contribution is 1.37. The van der Waals surface area contributed by atoms with E-state index in [9.17, 15) is 0 Å². The minimum atomic E-state index is 0.532. The molecule has 0 heterocycles. The zero-order valence-corrected chi connectivity index (χ0v) is 11.8. The molecule has 0 aliphatic carbocycles. The van der Waals surface area contributed by atoms with Gasteiger partial charge in [-0.05, 0) is 0 Å². The van der Waals surface area contributed by atoms with E-state index in [0.717, 1.165) is 11.1 Å². The molecule has 3 nitrogen and oxygen atoms in total. The fourth-order valence-electron chi connectivity index (χ4n) is 1.73. The second-order valence-electron chi connectivity index (χ2n) is 3.94. The van der Waals surface area contributed by atoms with Crippen LogP contribution in [0.25, 0.3) is 0 Å². The van der Waals surface area contributed by atoms with E-state index >= 15 is 0 Å². The van der Waals surface area contributed by atoms with Crippen LogP contribution in [-0.2, 0) is 0 Å². The zero-order valence-electron chi connectivity index (χ0n) is 11.1. The summed E-state index contributed by atoms with van der Waals surface area (Å²) < 4.78 is 0. The van der Waals surface area contributed by atoms with Crippen molar-refractivity contribution in [3.8, 4) is 0 Å². The lowest BCUT2D eigenvalue weighted by atomic mass is 10.2. The highest BCUT2D eigenvalue weighted by Gasteiger charge is 2.05. The number of halogens is 1. The summed E-state index contributed by atoms with van der Waals surface area (Å²) in [6.07, 6.45) is 0. The molecule has 100 valence electrons. The van der Waals surface area contributed by atoms with E-state index in [-0.39, 0.29) is 0 Å². The van der Waals surface area contributed by atoms with Gasteiger partial charge in [-0.2, -0.15) is 0 Å². The quantitative estimate of drug-likeness (QED) is 0.594. The van der Waals surface area contributed by atoms with Crippen LogP contribution >= 0.6 is 11.6 Å². The minimum absolute atomic E-state index is 0.532. The molecule has 20 heavy (non-hydrogen) atoms. The first-order valence-electron chi connectivity index (χ1n) is 6.14. The lowest BCUT2D eigenvalue weighted by Crippen LogP contribution is -2.04. The number of amidine groups is 2. The van der Waals surface area contributed by atoms with Gasteiger partial charge in [0.2, 0.25) is 0 Å². The van der Waals surface area contributed by atoms with Crippen molar-refractivity contribution < 1.29 is 0 Å². The van der Waals surface area contributed by atoms with Crippen LogP contribution in [0.1, 0.15) is 11.1 Å². The Hall–Kier alpha value is -2.26. The zero-order chi connectivity index (χ0) is 14.2. The van der Waals surface area contributed by atoms with E-state index < -0.39 is 0 Å². The standard InChI is InChI=1S/C16H14ClN3/c1-18-15(13-8-4-2-5-9-13)20-16(19-12-17)14-10-6-3-7-11-14/h2-12H,1H3. The highest BCUT2D eigenvalue weighted by atomic mass is 35.5. The van der Waals surface area contributed by atoms with Crippen molar-refractivity contribution in [1.29, 1.82) is 0 Å². The van der Waals surface area contributed by atoms with Crippen LogP contribution in [0.4, 0.5) is 0 Å². The average Bonchev–Trinajstić information content (AvgIpc) is 2.53. The molecule has 2 aromatic rings. The number of nitrogens with zero attached hydrogens (tertiary/aromatic N) is 3. The highest BCUT2D eigenvalue weighted by molar-refractivity contribution is 6.57. The van der Waals surface area contributed by atoms with Crippen LogP contribution in [0, 0.1) is 0 Å². The SMILES string of the molecule is CN=C(N=C(N=CCl)c1ccccc1)c1ccccc1. The summed E-state index contributed by atoms with van der Waals surface area (Å²) in [5, 5.41) is 0. The van der Waals surface area contributed by atoms with Crippen molar-refractivity contribution in [2.24, 2.45) is 15.0 Å². The van der Waals surface area contributed by atoms with Gasteiger partial charge in [-0.1, -0.05) is 72.3 Å². The van der Waals surface area contributed by atoms with Crippen molar-refractivity contribution in [3.05, 3.63) is 71.8 Å². The van der Waals surface area contributed by atoms with E-state index in [1.165, 1.54) is 5.67 Å². The molecule has 2 aromatic carbocycles. The Morgan fingerprint density at radius 2 is 1.35 bits per heavy atom. The minimum Gasteiger partial charge on any atom is -0.270 e. The molecule has 0 bridgehead atoms. The van der Waals surface area contributed by atoms with Gasteiger partial charge in [0.15, 0.2) is 11.7 Å². The Morgan fingerprint density at radius 3 is 1.80 bits per heavy atom. The third-order valence-electron chi connectivity index (χ3n) is 2.66. The molecular weight excluding hydrogens is 270 g/mol. The van der Waals surface area contributed by atoms with E-state index in [1.54, 1.807) is 7.05 Å². The van der Waals surface area contributed by atoms with E-state index in [0.29, 0.717) is 11.7 Å². The molecule has 0 saturated heterocycles. The maximum atomic E-state index is 5.61. The number of rotatable bonds is 2. The monoisotopic (exact) mass is 283 g/mol. The van der Waals surface area contributed by atoms with Gasteiger partial charge in [-0.15, -0.1) is 0 Å². The van der Waals surface area contributed by atoms with Gasteiger partial charge in [0.25, 0.3) is 0 Å². The van der Waals surface area contributed by atoms with Gasteiger partial charge in [0, 0.05) is 18.2 Å². The molecule has 0 aliphatic rings. The van der Waals surface area contributed by atoms with Crippen LogP contribution in [0.5, 0.6) is 0 Å². The first-order valence-corrected chi connectivity index (χ1v) is 6.58. The molecule has 2 rings (SSSR count). The van der Waals surface area contributed by atoms with Crippen LogP contribution in [0.2, 0.25) is 0 Å². The Labute approximate surface area is 123 Å². The third kappa shape index (κ3) is 3.62. The summed E-state index contributed by atoms with van der Waals surface area (Å²) in [7, 11) is 1.71. The van der Waals surface area contributed by atoms with E-state index in [1.807, 2.05) is 60.7 Å². The van der Waals surface area contributed by atoms with Crippen LogP contribution in [0.3, 0.4) is 0 Å². The summed E-state index contributed by atoms with van der Waals surface area (Å²) in [6.45, 7) is 0. The van der Waals surface area contributed by atoms with Gasteiger partial charge >= 0.3 is 0 Å². The van der Waals surface area contributed by atoms with Crippen LogP contribution in [0.15, 0.2) is 75.6 Å². The van der Waals surface area contributed by atoms with Crippen molar-refractivity contribution in [1.82, 2.24) is 0 Å². The molecule has 0 unspecified atom stereocenters. The molecule has 0 radical (unpaired) electrons. The third-order valence-corrected chi connectivity index (χ3v) is 2.76. The fourth-order valence-corrected chi connectivity index (χ4v) is 1.83. The van der Waals surface area contributed by atoms with Crippen molar-refractivity contribution >= 4 is 28.9 Å². The smallest absolute Gasteiger partial charge is 0.162 e. The predicted octanol–water partition coefficient (Wildman–Crippen LogP) is 3.78. The van der Waals surface area contributed by atoms with Gasteiger partial charge in [-0.25, -0.2) is 9.98 Å². The van der Waals surface area contributed by atoms with Crippen LogP contribution in [-0.4, -0.2) is 24.4 Å². The Kier molecular flexibility index (Phi) is 5.21. The second kappa shape index (κ2) is 7.36. The Morgan fingerprint density at radius 1 is 0.850 bits per heavy atom. The lowest BCUT2D eigenvalue weighted by Gasteiger charge is -2.03. The fraction of sp³-hybridized carbons (Fsp3) is 0.0625. The Balaban J connectivity index is 2.43. The summed E-state index contributed by atoms with van der Waals surface area (Å²) in [5.74, 6) is 1.15. The van der Waals surface area contributed by atoms with E-state index in [2.05, 4.69) is 15.0 Å². The predicted molar refractivity (Wildman–Crippen MR) is 86.2 cm³/mol. The molecule has 0 aliphatic heterocycles. The number of hydrogen-bond acceptors (Lipinski definition) is 1. The first kappa shape index (κ1) is 14.2. The molecule has 0 N–H and O–H groups in total. The molecule has 0 atom stereocenters. The number of aliphatic imine (C=N–C) groups is 3. The molecule has 0 aromatic heterocycles. The van der Waals surface area contributed by atoms with Crippen molar-refractivity contribution in [3.63, 3.8) is 0 Å². The van der Waals surface area contributed by atoms with Crippen LogP contribution < -0.4 is 0 Å². The van der Waals surface area contributed by atoms with E-state index in [4.69, 9.17) is 11.6 Å². The molecule has 0 spiro atoms. The van der Waals surface area contributed by atoms with Crippen molar-refractivity contribution in [2.75, 3.05) is 7.05 Å². The number of hydrogen-bond donors (Lipinski definition) is 0. The highest BCUT2D eigenvalue weighted by Crippen LogP contribution is 2.07. The molecule has 4 heteroatoms. The molecule has 0 amide bonds. The first-order chi connectivity index (χ1) is 9.85. The number of benzene rings is 2. The Bertz CT molecular complexity index is 631. The second-order valence-corrected chi connectivity index (χ2v) is 4.14. The maximum Gasteiger partial charge on any atom is 0.162 e. The molecule has 0 fully saturated rings. The molecule has 0 saturated carbocycles. The summed E-state index contributed by atoms with van der Waals surface area (Å²) in [5.41, 5.74) is 3.04. The largest absolute Gasteiger partial charge is 0.270 e. The normalized spacial score (nSPS) is 12.9. The van der Waals surface area contributed by atoms with Gasteiger partial charge in [0.05, 0.1) is 5.67 Å².